The largest absolute Gasteiger partial charge is 0.396 e. The second kappa shape index (κ2) is 11.0. The Morgan fingerprint density at radius 3 is 2.55 bits per heavy atom. The number of rotatable bonds is 9. The number of benzene rings is 1. The zero-order valence-electron chi connectivity index (χ0n) is 14.0. The van der Waals surface area contributed by atoms with Gasteiger partial charge in [-0.1, -0.05) is 30.3 Å². The van der Waals surface area contributed by atoms with E-state index in [2.05, 4.69) is 41.5 Å². The Balaban J connectivity index is 2.52. The smallest absolute Gasteiger partial charge is 0.191 e. The highest BCUT2D eigenvalue weighted by Gasteiger charge is 2.09. The van der Waals surface area contributed by atoms with Gasteiger partial charge in [0.1, 0.15) is 0 Å². The Hall–Kier alpha value is -1.59. The fourth-order valence-electron chi connectivity index (χ4n) is 2.14. The van der Waals surface area contributed by atoms with Gasteiger partial charge in [0.2, 0.25) is 0 Å². The minimum absolute atomic E-state index is 0.0402. The fraction of sp³-hybridized carbons (Fsp3) is 0.588. The molecule has 0 aliphatic rings. The topological polar surface area (TPSA) is 59.9 Å². The van der Waals surface area contributed by atoms with Gasteiger partial charge in [-0.3, -0.25) is 4.99 Å². The van der Waals surface area contributed by atoms with Crippen LogP contribution in [0.2, 0.25) is 0 Å². The average Bonchev–Trinajstić information content (AvgIpc) is 2.52. The number of nitrogens with zero attached hydrogens (tertiary/aromatic N) is 2. The van der Waals surface area contributed by atoms with E-state index in [1.165, 1.54) is 0 Å². The summed E-state index contributed by atoms with van der Waals surface area (Å²) < 4.78 is 0. The molecule has 1 aromatic rings. The predicted molar refractivity (Wildman–Crippen MR) is 93.4 cm³/mol. The summed E-state index contributed by atoms with van der Waals surface area (Å²) in [6.45, 7) is 5.50. The van der Waals surface area contributed by atoms with Gasteiger partial charge in [-0.15, -0.1) is 0 Å². The Kier molecular flexibility index (Phi) is 9.26. The van der Waals surface area contributed by atoms with E-state index < -0.39 is 0 Å². The van der Waals surface area contributed by atoms with Crippen LogP contribution in [-0.2, 0) is 0 Å². The second-order valence-corrected chi connectivity index (χ2v) is 5.59. The van der Waals surface area contributed by atoms with Crippen LogP contribution in [0.3, 0.4) is 0 Å². The Morgan fingerprint density at radius 2 is 1.95 bits per heavy atom. The maximum absolute atomic E-state index is 9.58. The highest BCUT2D eigenvalue weighted by atomic mass is 16.3. The molecule has 0 heterocycles. The molecule has 1 unspecified atom stereocenters. The molecule has 5 heteroatoms. The van der Waals surface area contributed by atoms with Gasteiger partial charge >= 0.3 is 0 Å². The van der Waals surface area contributed by atoms with E-state index in [0.29, 0.717) is 6.54 Å². The van der Waals surface area contributed by atoms with Crippen LogP contribution in [0.4, 0.5) is 0 Å². The van der Waals surface area contributed by atoms with Crippen molar-refractivity contribution in [3.8, 4) is 0 Å². The van der Waals surface area contributed by atoms with E-state index in [1.54, 1.807) is 0 Å². The molecule has 0 bridgehead atoms. The fourth-order valence-corrected chi connectivity index (χ4v) is 2.14. The van der Waals surface area contributed by atoms with Crippen LogP contribution < -0.4 is 10.6 Å². The lowest BCUT2D eigenvalue weighted by Gasteiger charge is -2.16. The van der Waals surface area contributed by atoms with Crippen molar-refractivity contribution in [2.24, 2.45) is 4.99 Å². The lowest BCUT2D eigenvalue weighted by atomic mass is 10.0. The van der Waals surface area contributed by atoms with Gasteiger partial charge < -0.3 is 20.6 Å². The van der Waals surface area contributed by atoms with Gasteiger partial charge in [0.25, 0.3) is 0 Å². The number of hydrogen-bond acceptors (Lipinski definition) is 3. The Bertz CT molecular complexity index is 420. The van der Waals surface area contributed by atoms with Crippen molar-refractivity contribution < 1.29 is 5.11 Å². The highest BCUT2D eigenvalue weighted by Crippen LogP contribution is 2.14. The van der Waals surface area contributed by atoms with Crippen LogP contribution in [0.25, 0.3) is 0 Å². The number of aliphatic hydroxyl groups is 1. The summed E-state index contributed by atoms with van der Waals surface area (Å²) in [6.07, 6.45) is 1.07. The van der Waals surface area contributed by atoms with Crippen molar-refractivity contribution in [2.75, 3.05) is 46.9 Å². The number of hydrogen-bond donors (Lipinski definition) is 3. The summed E-state index contributed by atoms with van der Waals surface area (Å²) in [7, 11) is 4.15. The molecule has 1 atom stereocenters. The first-order valence-corrected chi connectivity index (χ1v) is 8.00. The van der Waals surface area contributed by atoms with Gasteiger partial charge in [-0.05, 0) is 39.5 Å². The lowest BCUT2D eigenvalue weighted by molar-refractivity contribution is 0.268. The SMILES string of the molecule is CCNC(=NCC(CO)c1ccccc1)NCCCN(C)C. The molecule has 0 aromatic heterocycles. The van der Waals surface area contributed by atoms with Crippen molar-refractivity contribution in [2.45, 2.75) is 19.3 Å². The molecule has 1 rings (SSSR count). The van der Waals surface area contributed by atoms with Crippen molar-refractivity contribution in [3.05, 3.63) is 35.9 Å². The van der Waals surface area contributed by atoms with Crippen LogP contribution in [0.5, 0.6) is 0 Å². The van der Waals surface area contributed by atoms with Crippen molar-refractivity contribution in [3.63, 3.8) is 0 Å². The lowest BCUT2D eigenvalue weighted by Crippen LogP contribution is -2.38. The maximum atomic E-state index is 9.58. The van der Waals surface area contributed by atoms with E-state index >= 15 is 0 Å². The number of guanidine groups is 1. The van der Waals surface area contributed by atoms with Crippen LogP contribution in [0.1, 0.15) is 24.8 Å². The summed E-state index contributed by atoms with van der Waals surface area (Å²) in [4.78, 5) is 6.77. The first-order valence-electron chi connectivity index (χ1n) is 8.00. The zero-order chi connectivity index (χ0) is 16.2. The first-order chi connectivity index (χ1) is 10.7. The molecule has 3 N–H and O–H groups in total. The normalized spacial score (nSPS) is 13.2. The second-order valence-electron chi connectivity index (χ2n) is 5.59. The third kappa shape index (κ3) is 7.43. The summed E-state index contributed by atoms with van der Waals surface area (Å²) in [6, 6.07) is 10.0. The molecule has 0 saturated carbocycles. The van der Waals surface area contributed by atoms with E-state index in [0.717, 1.165) is 37.6 Å². The van der Waals surface area contributed by atoms with Crippen molar-refractivity contribution in [1.82, 2.24) is 15.5 Å². The molecule has 22 heavy (non-hydrogen) atoms. The molecular weight excluding hydrogens is 276 g/mol. The van der Waals surface area contributed by atoms with Gasteiger partial charge in [-0.25, -0.2) is 0 Å². The summed E-state index contributed by atoms with van der Waals surface area (Å²) in [5, 5.41) is 16.2. The van der Waals surface area contributed by atoms with Crippen LogP contribution >= 0.6 is 0 Å². The molecule has 5 nitrogen and oxygen atoms in total. The monoisotopic (exact) mass is 306 g/mol. The van der Waals surface area contributed by atoms with E-state index in [-0.39, 0.29) is 12.5 Å². The average molecular weight is 306 g/mol. The van der Waals surface area contributed by atoms with Gasteiger partial charge in [0, 0.05) is 19.0 Å². The standard InChI is InChI=1S/C17H30N4O/c1-4-18-17(19-11-8-12-21(2)3)20-13-16(14-22)15-9-6-5-7-10-15/h5-7,9-10,16,22H,4,8,11-14H2,1-3H3,(H2,18,19,20). The molecule has 0 saturated heterocycles. The van der Waals surface area contributed by atoms with Crippen LogP contribution in [-0.4, -0.2) is 62.8 Å². The van der Waals surface area contributed by atoms with E-state index in [9.17, 15) is 5.11 Å². The molecule has 0 aliphatic heterocycles. The predicted octanol–water partition coefficient (Wildman–Crippen LogP) is 1.27. The Morgan fingerprint density at radius 1 is 1.23 bits per heavy atom. The summed E-state index contributed by atoms with van der Waals surface area (Å²) >= 11 is 0. The quantitative estimate of drug-likeness (QED) is 0.365. The van der Waals surface area contributed by atoms with Gasteiger partial charge in [0.05, 0.1) is 13.2 Å². The maximum Gasteiger partial charge on any atom is 0.191 e. The number of aliphatic imine (C=N–C) groups is 1. The van der Waals surface area contributed by atoms with Crippen LogP contribution in [0.15, 0.2) is 35.3 Å². The molecule has 0 amide bonds. The summed E-state index contributed by atoms with van der Waals surface area (Å²) in [5.74, 6) is 0.856. The third-order valence-electron chi connectivity index (χ3n) is 3.38. The minimum atomic E-state index is 0.0402. The Labute approximate surface area is 134 Å². The molecule has 0 spiro atoms. The van der Waals surface area contributed by atoms with E-state index in [4.69, 9.17) is 0 Å². The molecule has 0 fully saturated rings. The highest BCUT2D eigenvalue weighted by molar-refractivity contribution is 5.79. The number of aliphatic hydroxyl groups excluding tert-OH is 1. The molecule has 0 aliphatic carbocycles. The molecule has 0 radical (unpaired) electrons. The third-order valence-corrected chi connectivity index (χ3v) is 3.38. The van der Waals surface area contributed by atoms with Gasteiger partial charge in [0.15, 0.2) is 5.96 Å². The van der Waals surface area contributed by atoms with Crippen molar-refractivity contribution >= 4 is 5.96 Å². The zero-order valence-corrected chi connectivity index (χ0v) is 14.0. The minimum Gasteiger partial charge on any atom is -0.396 e. The molecular formula is C17H30N4O. The molecule has 1 aromatic carbocycles. The summed E-state index contributed by atoms with van der Waals surface area (Å²) in [5.41, 5.74) is 1.12. The van der Waals surface area contributed by atoms with Crippen LogP contribution in [0, 0.1) is 0 Å². The first kappa shape index (κ1) is 18.5. The van der Waals surface area contributed by atoms with E-state index in [1.807, 2.05) is 30.3 Å². The van der Waals surface area contributed by atoms with Gasteiger partial charge in [-0.2, -0.15) is 0 Å². The number of nitrogens with one attached hydrogen (secondary N) is 2. The van der Waals surface area contributed by atoms with Crippen molar-refractivity contribution in [1.29, 1.82) is 0 Å². The molecule has 124 valence electrons.